The first kappa shape index (κ1) is 9.22. The van der Waals surface area contributed by atoms with Crippen LogP contribution in [0.3, 0.4) is 0 Å². The van der Waals surface area contributed by atoms with Crippen molar-refractivity contribution in [3.63, 3.8) is 0 Å². The van der Waals surface area contributed by atoms with Crippen molar-refractivity contribution in [3.05, 3.63) is 21.9 Å². The Bertz CT molecular complexity index is 280. The van der Waals surface area contributed by atoms with Crippen molar-refractivity contribution in [1.29, 1.82) is 0 Å². The molecule has 1 aromatic rings. The van der Waals surface area contributed by atoms with Gasteiger partial charge < -0.3 is 10.2 Å². The minimum Gasteiger partial charge on any atom is -0.479 e. The molecule has 2 N–H and O–H groups in total. The maximum atomic E-state index is 10.4. The largest absolute Gasteiger partial charge is 0.479 e. The third kappa shape index (κ3) is 1.84. The van der Waals surface area contributed by atoms with Crippen LogP contribution in [-0.4, -0.2) is 16.2 Å². The zero-order valence-corrected chi connectivity index (χ0v) is 7.47. The number of aliphatic carboxylic acids is 1. The number of hydrogen-bond acceptors (Lipinski definition) is 3. The van der Waals surface area contributed by atoms with Crippen LogP contribution in [0.15, 0.2) is 12.1 Å². The molecule has 12 heavy (non-hydrogen) atoms. The zero-order chi connectivity index (χ0) is 9.14. The molecule has 66 valence electrons. The number of carbonyl (C=O) groups is 1. The molecule has 0 bridgehead atoms. The van der Waals surface area contributed by atoms with Crippen molar-refractivity contribution in [2.75, 3.05) is 0 Å². The molecule has 3 nitrogen and oxygen atoms in total. The number of thiophene rings is 1. The monoisotopic (exact) mass is 186 g/mol. The highest BCUT2D eigenvalue weighted by molar-refractivity contribution is 7.12. The van der Waals surface area contributed by atoms with Gasteiger partial charge in [-0.1, -0.05) is 6.92 Å². The summed E-state index contributed by atoms with van der Waals surface area (Å²) < 4.78 is 0. The van der Waals surface area contributed by atoms with E-state index < -0.39 is 12.1 Å². The molecule has 0 spiro atoms. The fourth-order valence-electron chi connectivity index (χ4n) is 0.853. The molecule has 0 amide bonds. The molecule has 1 heterocycles. The molecule has 0 fully saturated rings. The van der Waals surface area contributed by atoms with Crippen LogP contribution in [0.1, 0.15) is 22.8 Å². The minimum atomic E-state index is -1.37. The van der Waals surface area contributed by atoms with Gasteiger partial charge in [0.2, 0.25) is 0 Å². The van der Waals surface area contributed by atoms with Crippen LogP contribution in [0, 0.1) is 0 Å². The molecule has 0 aliphatic heterocycles. The Morgan fingerprint density at radius 1 is 1.67 bits per heavy atom. The van der Waals surface area contributed by atoms with Gasteiger partial charge in [0.25, 0.3) is 0 Å². The molecule has 0 saturated heterocycles. The lowest BCUT2D eigenvalue weighted by Crippen LogP contribution is -2.08. The second kappa shape index (κ2) is 3.69. The Balaban J connectivity index is 2.81. The maximum absolute atomic E-state index is 10.4. The normalized spacial score (nSPS) is 12.8. The third-order valence-corrected chi connectivity index (χ3v) is 2.82. The van der Waals surface area contributed by atoms with Crippen molar-refractivity contribution >= 4 is 17.3 Å². The summed E-state index contributed by atoms with van der Waals surface area (Å²) >= 11 is 1.34. The molecular weight excluding hydrogens is 176 g/mol. The number of carboxylic acids is 1. The molecular formula is C8H10O3S. The smallest absolute Gasteiger partial charge is 0.338 e. The average Bonchev–Trinajstić information content (AvgIpc) is 2.50. The predicted molar refractivity (Wildman–Crippen MR) is 46.3 cm³/mol. The first-order chi connectivity index (χ1) is 5.65. The summed E-state index contributed by atoms with van der Waals surface area (Å²) in [4.78, 5) is 11.9. The van der Waals surface area contributed by atoms with E-state index >= 15 is 0 Å². The van der Waals surface area contributed by atoms with Crippen LogP contribution in [0.25, 0.3) is 0 Å². The van der Waals surface area contributed by atoms with Gasteiger partial charge in [-0.2, -0.15) is 0 Å². The van der Waals surface area contributed by atoms with E-state index in [1.165, 1.54) is 11.3 Å². The van der Waals surface area contributed by atoms with Crippen LogP contribution in [0.5, 0.6) is 0 Å². The van der Waals surface area contributed by atoms with Crippen molar-refractivity contribution in [2.24, 2.45) is 0 Å². The average molecular weight is 186 g/mol. The van der Waals surface area contributed by atoms with Crippen molar-refractivity contribution in [2.45, 2.75) is 19.4 Å². The summed E-state index contributed by atoms with van der Waals surface area (Å²) in [6, 6.07) is 3.49. The lowest BCUT2D eigenvalue weighted by Gasteiger charge is -1.99. The van der Waals surface area contributed by atoms with Gasteiger partial charge in [-0.15, -0.1) is 11.3 Å². The van der Waals surface area contributed by atoms with Crippen molar-refractivity contribution in [1.82, 2.24) is 0 Å². The lowest BCUT2D eigenvalue weighted by atomic mass is 10.3. The topological polar surface area (TPSA) is 57.5 Å². The van der Waals surface area contributed by atoms with Crippen molar-refractivity contribution < 1.29 is 15.0 Å². The molecule has 0 aromatic carbocycles. The van der Waals surface area contributed by atoms with Crippen LogP contribution in [0.4, 0.5) is 0 Å². The van der Waals surface area contributed by atoms with Crippen LogP contribution in [0.2, 0.25) is 0 Å². The molecule has 0 aliphatic rings. The fourth-order valence-corrected chi connectivity index (χ4v) is 1.78. The van der Waals surface area contributed by atoms with Crippen LogP contribution >= 0.6 is 11.3 Å². The number of aliphatic hydroxyl groups is 1. The molecule has 1 atom stereocenters. The van der Waals surface area contributed by atoms with Gasteiger partial charge in [0.15, 0.2) is 6.10 Å². The van der Waals surface area contributed by atoms with E-state index in [-0.39, 0.29) is 0 Å². The standard InChI is InChI=1S/C8H10O3S/c1-2-5-3-4-6(12-5)7(9)8(10)11/h3-4,7,9H,2H2,1H3,(H,10,11). The number of hydrogen-bond donors (Lipinski definition) is 2. The first-order valence-electron chi connectivity index (χ1n) is 3.64. The summed E-state index contributed by atoms with van der Waals surface area (Å²) in [6.45, 7) is 1.99. The quantitative estimate of drug-likeness (QED) is 0.750. The van der Waals surface area contributed by atoms with Gasteiger partial charge in [0.1, 0.15) is 0 Å². The van der Waals surface area contributed by atoms with E-state index in [1.54, 1.807) is 6.07 Å². The molecule has 1 aromatic heterocycles. The summed E-state index contributed by atoms with van der Waals surface area (Å²) in [7, 11) is 0. The number of aliphatic hydroxyl groups excluding tert-OH is 1. The first-order valence-corrected chi connectivity index (χ1v) is 4.46. The van der Waals surface area contributed by atoms with Crippen LogP contribution in [-0.2, 0) is 11.2 Å². The Hall–Kier alpha value is -0.870. The third-order valence-electron chi connectivity index (χ3n) is 1.53. The molecule has 0 saturated carbocycles. The highest BCUT2D eigenvalue weighted by atomic mass is 32.1. The Kier molecular flexibility index (Phi) is 2.83. The van der Waals surface area contributed by atoms with Gasteiger partial charge in [-0.05, 0) is 18.6 Å². The van der Waals surface area contributed by atoms with Gasteiger partial charge in [0, 0.05) is 9.75 Å². The van der Waals surface area contributed by atoms with Crippen LogP contribution < -0.4 is 0 Å². The molecule has 4 heteroatoms. The van der Waals surface area contributed by atoms with Gasteiger partial charge >= 0.3 is 5.97 Å². The fraction of sp³-hybridized carbons (Fsp3) is 0.375. The number of rotatable bonds is 3. The molecule has 1 unspecified atom stereocenters. The van der Waals surface area contributed by atoms with E-state index in [9.17, 15) is 4.79 Å². The molecule has 0 aliphatic carbocycles. The number of aryl methyl sites for hydroxylation is 1. The Morgan fingerprint density at radius 2 is 2.33 bits per heavy atom. The minimum absolute atomic E-state index is 0.499. The van der Waals surface area contributed by atoms with E-state index in [1.807, 2.05) is 13.0 Å². The summed E-state index contributed by atoms with van der Waals surface area (Å²) in [6.07, 6.45) is -0.493. The predicted octanol–water partition coefficient (Wildman–Crippen LogP) is 1.43. The zero-order valence-electron chi connectivity index (χ0n) is 6.65. The summed E-state index contributed by atoms with van der Waals surface area (Å²) in [5.41, 5.74) is 0. The van der Waals surface area contributed by atoms with E-state index in [4.69, 9.17) is 10.2 Å². The van der Waals surface area contributed by atoms with Gasteiger partial charge in [0.05, 0.1) is 0 Å². The second-order valence-electron chi connectivity index (χ2n) is 2.40. The van der Waals surface area contributed by atoms with Gasteiger partial charge in [-0.3, -0.25) is 0 Å². The Labute approximate surface area is 74.3 Å². The SMILES string of the molecule is CCc1ccc(C(O)C(=O)O)s1. The van der Waals surface area contributed by atoms with Gasteiger partial charge in [-0.25, -0.2) is 4.79 Å². The number of carboxylic acid groups (broad SMARTS) is 1. The van der Waals surface area contributed by atoms with E-state index in [0.29, 0.717) is 4.88 Å². The highest BCUT2D eigenvalue weighted by Gasteiger charge is 2.17. The molecule has 1 rings (SSSR count). The Morgan fingerprint density at radius 3 is 2.75 bits per heavy atom. The maximum Gasteiger partial charge on any atom is 0.338 e. The molecule has 0 radical (unpaired) electrons. The second-order valence-corrected chi connectivity index (χ2v) is 3.60. The summed E-state index contributed by atoms with van der Waals surface area (Å²) in [5, 5.41) is 17.6. The summed E-state index contributed by atoms with van der Waals surface area (Å²) in [5.74, 6) is -1.19. The lowest BCUT2D eigenvalue weighted by molar-refractivity contribution is -0.146. The highest BCUT2D eigenvalue weighted by Crippen LogP contribution is 2.23. The van der Waals surface area contributed by atoms with Crippen molar-refractivity contribution in [3.8, 4) is 0 Å². The van der Waals surface area contributed by atoms with E-state index in [0.717, 1.165) is 11.3 Å². The van der Waals surface area contributed by atoms with E-state index in [2.05, 4.69) is 0 Å².